The van der Waals surface area contributed by atoms with Crippen LogP contribution in [0.1, 0.15) is 12.0 Å². The lowest BCUT2D eigenvalue weighted by Gasteiger charge is -1.89. The van der Waals surface area contributed by atoms with Crippen molar-refractivity contribution in [2.24, 2.45) is 5.11 Å². The molecule has 0 aliphatic heterocycles. The second kappa shape index (κ2) is 5.86. The van der Waals surface area contributed by atoms with Crippen LogP contribution in [0.2, 0.25) is 0 Å². The van der Waals surface area contributed by atoms with E-state index in [4.69, 9.17) is 5.53 Å². The maximum atomic E-state index is 8.02. The van der Waals surface area contributed by atoms with E-state index in [-0.39, 0.29) is 0 Å². The van der Waals surface area contributed by atoms with Crippen LogP contribution in [0.25, 0.3) is 16.5 Å². The molecule has 0 radical (unpaired) electrons. The fraction of sp³-hybridized carbons (Fsp3) is 0.200. The number of azide groups is 1. The zero-order valence-corrected chi connectivity index (χ0v) is 7.30. The van der Waals surface area contributed by atoms with Crippen molar-refractivity contribution in [1.29, 1.82) is 0 Å². The Labute approximate surface area is 77.3 Å². The molecule has 0 aliphatic carbocycles. The van der Waals surface area contributed by atoms with E-state index in [0.717, 1.165) is 6.42 Å². The number of nitrogens with zero attached hydrogens (tertiary/aromatic N) is 3. The van der Waals surface area contributed by atoms with Crippen LogP contribution in [-0.4, -0.2) is 6.54 Å². The molecule has 1 aromatic carbocycles. The molecule has 0 spiro atoms. The number of benzene rings is 1. The van der Waals surface area contributed by atoms with Crippen LogP contribution < -0.4 is 0 Å². The smallest absolute Gasteiger partial charge is 0.0292 e. The summed E-state index contributed by atoms with van der Waals surface area (Å²) in [6.07, 6.45) is 4.82. The van der Waals surface area contributed by atoms with Crippen LogP contribution >= 0.6 is 0 Å². The van der Waals surface area contributed by atoms with Crippen LogP contribution in [0.5, 0.6) is 0 Å². The van der Waals surface area contributed by atoms with E-state index >= 15 is 0 Å². The highest BCUT2D eigenvalue weighted by molar-refractivity contribution is 5.48. The van der Waals surface area contributed by atoms with Crippen molar-refractivity contribution in [1.82, 2.24) is 0 Å². The summed E-state index contributed by atoms with van der Waals surface area (Å²) < 4.78 is 0. The first-order chi connectivity index (χ1) is 6.43. The van der Waals surface area contributed by atoms with Crippen LogP contribution in [-0.2, 0) is 0 Å². The van der Waals surface area contributed by atoms with Crippen molar-refractivity contribution in [3.63, 3.8) is 0 Å². The highest BCUT2D eigenvalue weighted by Crippen LogP contribution is 2.01. The predicted molar refractivity (Wildman–Crippen MR) is 54.1 cm³/mol. The van der Waals surface area contributed by atoms with E-state index in [0.29, 0.717) is 6.54 Å². The summed E-state index contributed by atoms with van der Waals surface area (Å²) in [5, 5.41) is 3.43. The minimum absolute atomic E-state index is 0.528. The third-order valence-corrected chi connectivity index (χ3v) is 1.57. The van der Waals surface area contributed by atoms with Gasteiger partial charge < -0.3 is 0 Å². The van der Waals surface area contributed by atoms with Crippen molar-refractivity contribution in [3.8, 4) is 0 Å². The maximum absolute atomic E-state index is 8.02. The molecule has 0 N–H and O–H groups in total. The van der Waals surface area contributed by atoms with Gasteiger partial charge in [0.05, 0.1) is 0 Å². The van der Waals surface area contributed by atoms with E-state index in [9.17, 15) is 0 Å². The SMILES string of the molecule is [N-]=[N+]=NCCC=Cc1ccccc1. The van der Waals surface area contributed by atoms with E-state index in [1.165, 1.54) is 5.56 Å². The average Bonchev–Trinajstić information content (AvgIpc) is 2.19. The number of hydrogen-bond acceptors (Lipinski definition) is 1. The predicted octanol–water partition coefficient (Wildman–Crippen LogP) is 3.40. The van der Waals surface area contributed by atoms with Crippen molar-refractivity contribution >= 4 is 6.08 Å². The Hall–Kier alpha value is -1.73. The van der Waals surface area contributed by atoms with Gasteiger partial charge in [0.1, 0.15) is 0 Å². The molecule has 1 rings (SSSR count). The van der Waals surface area contributed by atoms with Gasteiger partial charge >= 0.3 is 0 Å². The second-order valence-corrected chi connectivity index (χ2v) is 2.56. The molecule has 0 aliphatic rings. The van der Waals surface area contributed by atoms with Gasteiger partial charge in [0.2, 0.25) is 0 Å². The van der Waals surface area contributed by atoms with E-state index in [2.05, 4.69) is 10.0 Å². The highest BCUT2D eigenvalue weighted by Gasteiger charge is 1.81. The molecular formula is C10H11N3. The Balaban J connectivity index is 2.36. The molecule has 0 saturated carbocycles. The van der Waals surface area contributed by atoms with Gasteiger partial charge in [-0.25, -0.2) is 0 Å². The van der Waals surface area contributed by atoms with Gasteiger partial charge in [-0.05, 0) is 17.5 Å². The molecule has 3 heteroatoms. The summed E-state index contributed by atoms with van der Waals surface area (Å²) in [6, 6.07) is 10.0. The topological polar surface area (TPSA) is 48.8 Å². The van der Waals surface area contributed by atoms with Gasteiger partial charge in [-0.1, -0.05) is 47.6 Å². The molecule has 0 atom stereocenters. The number of hydrogen-bond donors (Lipinski definition) is 0. The molecule has 0 saturated heterocycles. The molecule has 0 fully saturated rings. The molecule has 0 amide bonds. The van der Waals surface area contributed by atoms with Gasteiger partial charge in [-0.3, -0.25) is 0 Å². The van der Waals surface area contributed by atoms with E-state index in [1.54, 1.807) is 0 Å². The summed E-state index contributed by atoms with van der Waals surface area (Å²) in [5.41, 5.74) is 9.19. The second-order valence-electron chi connectivity index (χ2n) is 2.56. The quantitative estimate of drug-likeness (QED) is 0.290. The van der Waals surface area contributed by atoms with Crippen LogP contribution in [0.4, 0.5) is 0 Å². The molecule has 13 heavy (non-hydrogen) atoms. The van der Waals surface area contributed by atoms with Gasteiger partial charge in [-0.15, -0.1) is 0 Å². The lowest BCUT2D eigenvalue weighted by atomic mass is 10.2. The summed E-state index contributed by atoms with van der Waals surface area (Å²) in [5.74, 6) is 0. The normalized spacial score (nSPS) is 9.85. The van der Waals surface area contributed by atoms with Gasteiger partial charge in [0, 0.05) is 11.5 Å². The molecule has 0 aromatic heterocycles. The van der Waals surface area contributed by atoms with Crippen LogP contribution in [0.3, 0.4) is 0 Å². The third-order valence-electron chi connectivity index (χ3n) is 1.57. The van der Waals surface area contributed by atoms with Crippen LogP contribution in [0.15, 0.2) is 41.5 Å². The molecule has 0 bridgehead atoms. The lowest BCUT2D eigenvalue weighted by Crippen LogP contribution is -1.73. The van der Waals surface area contributed by atoms with E-state index < -0.39 is 0 Å². The monoisotopic (exact) mass is 173 g/mol. The summed E-state index contributed by atoms with van der Waals surface area (Å²) in [7, 11) is 0. The fourth-order valence-corrected chi connectivity index (χ4v) is 0.961. The highest BCUT2D eigenvalue weighted by atomic mass is 15.1. The Bertz CT molecular complexity index is 310. The van der Waals surface area contributed by atoms with Crippen molar-refractivity contribution in [2.75, 3.05) is 6.54 Å². The summed E-state index contributed by atoms with van der Waals surface area (Å²) >= 11 is 0. The maximum Gasteiger partial charge on any atom is 0.0292 e. The van der Waals surface area contributed by atoms with Crippen LogP contribution in [0, 0.1) is 0 Å². The third kappa shape index (κ3) is 3.99. The molecule has 3 nitrogen and oxygen atoms in total. The largest absolute Gasteiger partial charge is 0.0937 e. The average molecular weight is 173 g/mol. The van der Waals surface area contributed by atoms with E-state index in [1.807, 2.05) is 42.5 Å². The first-order valence-corrected chi connectivity index (χ1v) is 4.16. The fourth-order valence-electron chi connectivity index (χ4n) is 0.961. The number of rotatable bonds is 4. The molecule has 0 heterocycles. The Morgan fingerprint density at radius 1 is 1.31 bits per heavy atom. The standard InChI is InChI=1S/C10H11N3/c11-13-12-9-5-4-8-10-6-2-1-3-7-10/h1-4,6-8H,5,9H2. The summed E-state index contributed by atoms with van der Waals surface area (Å²) in [4.78, 5) is 2.67. The van der Waals surface area contributed by atoms with Crippen molar-refractivity contribution in [3.05, 3.63) is 52.4 Å². The Kier molecular flexibility index (Phi) is 4.22. The Morgan fingerprint density at radius 3 is 2.77 bits per heavy atom. The van der Waals surface area contributed by atoms with Gasteiger partial charge in [-0.2, -0.15) is 0 Å². The Morgan fingerprint density at radius 2 is 2.08 bits per heavy atom. The van der Waals surface area contributed by atoms with Gasteiger partial charge in [0.25, 0.3) is 0 Å². The zero-order valence-electron chi connectivity index (χ0n) is 7.30. The molecule has 0 unspecified atom stereocenters. The lowest BCUT2D eigenvalue weighted by molar-refractivity contribution is 0.996. The first-order valence-electron chi connectivity index (χ1n) is 4.16. The summed E-state index contributed by atoms with van der Waals surface area (Å²) in [6.45, 7) is 0.528. The van der Waals surface area contributed by atoms with Gasteiger partial charge in [0.15, 0.2) is 0 Å². The van der Waals surface area contributed by atoms with Crippen molar-refractivity contribution in [2.45, 2.75) is 6.42 Å². The first kappa shape index (κ1) is 9.36. The zero-order chi connectivity index (χ0) is 9.36. The minimum Gasteiger partial charge on any atom is -0.0937 e. The van der Waals surface area contributed by atoms with Crippen molar-refractivity contribution < 1.29 is 0 Å². The minimum atomic E-state index is 0.528. The molecule has 1 aromatic rings. The molecule has 66 valence electrons. The molecular weight excluding hydrogens is 162 g/mol.